The lowest BCUT2D eigenvalue weighted by Gasteiger charge is -2.12. The van der Waals surface area contributed by atoms with Crippen molar-refractivity contribution in [2.24, 2.45) is 5.73 Å². The predicted octanol–water partition coefficient (Wildman–Crippen LogP) is 0.939. The van der Waals surface area contributed by atoms with E-state index < -0.39 is 0 Å². The number of carbonyl (C=O) groups excluding carboxylic acids is 1. The summed E-state index contributed by atoms with van der Waals surface area (Å²) in [7, 11) is 0. The molecule has 0 saturated heterocycles. The van der Waals surface area contributed by atoms with Gasteiger partial charge in [0.2, 0.25) is 0 Å². The van der Waals surface area contributed by atoms with Crippen LogP contribution in [-0.4, -0.2) is 17.9 Å². The molecule has 0 fully saturated rings. The lowest BCUT2D eigenvalue weighted by molar-refractivity contribution is -0.120. The second kappa shape index (κ2) is 3.42. The third kappa shape index (κ3) is 1.51. The number of benzene rings is 1. The molecule has 2 rings (SSSR count). The molecule has 2 unspecified atom stereocenters. The summed E-state index contributed by atoms with van der Waals surface area (Å²) in [5.41, 5.74) is 7.82. The zero-order valence-electron chi connectivity index (χ0n) is 8.16. The van der Waals surface area contributed by atoms with Gasteiger partial charge in [0.1, 0.15) is 0 Å². The summed E-state index contributed by atoms with van der Waals surface area (Å²) in [5.74, 6) is 0.0844. The van der Waals surface area contributed by atoms with Crippen molar-refractivity contribution in [2.75, 3.05) is 5.32 Å². The normalized spacial score (nSPS) is 21.1. The fourth-order valence-electron chi connectivity index (χ4n) is 1.79. The highest BCUT2D eigenvalue weighted by Crippen LogP contribution is 2.25. The Morgan fingerprint density at radius 1 is 1.57 bits per heavy atom. The monoisotopic (exact) mass is 190 g/mol. The van der Waals surface area contributed by atoms with E-state index in [-0.39, 0.29) is 17.9 Å². The standard InChI is InChI=1S/C11H14N2O/c1-7(12)11(14)10-6-8-4-2-3-5-9(8)13-10/h2-5,7,10,13H,6,12H2,1H3. The van der Waals surface area contributed by atoms with Crippen LogP contribution in [0.5, 0.6) is 0 Å². The Bertz CT molecular complexity index is 335. The molecule has 0 saturated carbocycles. The summed E-state index contributed by atoms with van der Waals surface area (Å²) in [6, 6.07) is 7.46. The van der Waals surface area contributed by atoms with Crippen molar-refractivity contribution in [1.82, 2.24) is 0 Å². The molecule has 14 heavy (non-hydrogen) atoms. The number of nitrogens with two attached hydrogens (primary N) is 1. The minimum Gasteiger partial charge on any atom is -0.375 e. The molecule has 0 spiro atoms. The van der Waals surface area contributed by atoms with Crippen LogP contribution in [0.4, 0.5) is 5.69 Å². The minimum absolute atomic E-state index is 0.0844. The SMILES string of the molecule is CC(N)C(=O)C1Cc2ccccc2N1. The van der Waals surface area contributed by atoms with Gasteiger partial charge in [-0.25, -0.2) is 0 Å². The van der Waals surface area contributed by atoms with Gasteiger partial charge in [-0.15, -0.1) is 0 Å². The van der Waals surface area contributed by atoms with Gasteiger partial charge in [-0.3, -0.25) is 4.79 Å². The number of hydrogen-bond acceptors (Lipinski definition) is 3. The number of rotatable bonds is 2. The first-order chi connectivity index (χ1) is 6.68. The molecule has 3 nitrogen and oxygen atoms in total. The Morgan fingerprint density at radius 3 is 2.93 bits per heavy atom. The molecule has 2 atom stereocenters. The zero-order chi connectivity index (χ0) is 10.1. The van der Waals surface area contributed by atoms with Crippen LogP contribution in [0.2, 0.25) is 0 Å². The average Bonchev–Trinajstić information content (AvgIpc) is 2.59. The van der Waals surface area contributed by atoms with Crippen LogP contribution in [0, 0.1) is 0 Å². The van der Waals surface area contributed by atoms with Crippen LogP contribution >= 0.6 is 0 Å². The minimum atomic E-state index is -0.387. The van der Waals surface area contributed by atoms with E-state index in [9.17, 15) is 4.79 Å². The van der Waals surface area contributed by atoms with E-state index in [2.05, 4.69) is 5.32 Å². The molecule has 1 aromatic carbocycles. The van der Waals surface area contributed by atoms with Gasteiger partial charge in [0, 0.05) is 12.1 Å². The van der Waals surface area contributed by atoms with E-state index in [1.165, 1.54) is 5.56 Å². The summed E-state index contributed by atoms with van der Waals surface area (Å²) in [4.78, 5) is 11.6. The van der Waals surface area contributed by atoms with Crippen molar-refractivity contribution >= 4 is 11.5 Å². The number of Topliss-reactive ketones (excluding diaryl/α,β-unsaturated/α-hetero) is 1. The largest absolute Gasteiger partial charge is 0.375 e. The van der Waals surface area contributed by atoms with E-state index >= 15 is 0 Å². The topological polar surface area (TPSA) is 55.1 Å². The maximum absolute atomic E-state index is 11.6. The molecule has 1 aliphatic rings. The smallest absolute Gasteiger partial charge is 0.171 e. The fraction of sp³-hybridized carbons (Fsp3) is 0.364. The second-order valence-electron chi connectivity index (χ2n) is 3.75. The van der Waals surface area contributed by atoms with Crippen molar-refractivity contribution < 1.29 is 4.79 Å². The van der Waals surface area contributed by atoms with Crippen LogP contribution in [0.1, 0.15) is 12.5 Å². The molecule has 3 N–H and O–H groups in total. The summed E-state index contributed by atoms with van der Waals surface area (Å²) in [6.45, 7) is 1.73. The van der Waals surface area contributed by atoms with Crippen LogP contribution in [-0.2, 0) is 11.2 Å². The molecule has 1 heterocycles. The summed E-state index contributed by atoms with van der Waals surface area (Å²) in [6.07, 6.45) is 0.760. The van der Waals surface area contributed by atoms with Crippen molar-refractivity contribution in [1.29, 1.82) is 0 Å². The van der Waals surface area contributed by atoms with E-state index in [1.807, 2.05) is 24.3 Å². The quantitative estimate of drug-likeness (QED) is 0.729. The van der Waals surface area contributed by atoms with Gasteiger partial charge in [0.25, 0.3) is 0 Å². The molecular weight excluding hydrogens is 176 g/mol. The molecule has 0 radical (unpaired) electrons. The van der Waals surface area contributed by atoms with Gasteiger partial charge in [-0.1, -0.05) is 18.2 Å². The highest BCUT2D eigenvalue weighted by molar-refractivity contribution is 5.92. The van der Waals surface area contributed by atoms with E-state index in [4.69, 9.17) is 5.73 Å². The number of ketones is 1. The van der Waals surface area contributed by atoms with E-state index in [0.717, 1.165) is 12.1 Å². The Kier molecular flexibility index (Phi) is 2.25. The molecule has 3 heteroatoms. The first-order valence-electron chi connectivity index (χ1n) is 4.82. The maximum atomic E-state index is 11.6. The van der Waals surface area contributed by atoms with Crippen molar-refractivity contribution in [3.05, 3.63) is 29.8 Å². The molecule has 0 amide bonds. The molecule has 0 bridgehead atoms. The summed E-state index contributed by atoms with van der Waals surface area (Å²) >= 11 is 0. The summed E-state index contributed by atoms with van der Waals surface area (Å²) in [5, 5.41) is 3.19. The number of hydrogen-bond donors (Lipinski definition) is 2. The van der Waals surface area contributed by atoms with E-state index in [1.54, 1.807) is 6.92 Å². The van der Waals surface area contributed by atoms with Crippen LogP contribution < -0.4 is 11.1 Å². The van der Waals surface area contributed by atoms with Crippen LogP contribution in [0.15, 0.2) is 24.3 Å². The van der Waals surface area contributed by atoms with Gasteiger partial charge in [-0.2, -0.15) is 0 Å². The molecule has 1 aromatic rings. The molecule has 1 aliphatic heterocycles. The number of carbonyl (C=O) groups is 1. The Hall–Kier alpha value is -1.35. The van der Waals surface area contributed by atoms with Crippen molar-refractivity contribution in [2.45, 2.75) is 25.4 Å². The third-order valence-corrected chi connectivity index (χ3v) is 2.56. The number of anilines is 1. The second-order valence-corrected chi connectivity index (χ2v) is 3.75. The maximum Gasteiger partial charge on any atom is 0.171 e. The lowest BCUT2D eigenvalue weighted by atomic mass is 10.0. The first kappa shape index (κ1) is 9.21. The predicted molar refractivity (Wildman–Crippen MR) is 56.2 cm³/mol. The van der Waals surface area contributed by atoms with Gasteiger partial charge < -0.3 is 11.1 Å². The molecule has 74 valence electrons. The number of fused-ring (bicyclic) bond motifs is 1. The highest BCUT2D eigenvalue weighted by Gasteiger charge is 2.27. The number of para-hydroxylation sites is 1. The van der Waals surface area contributed by atoms with Gasteiger partial charge >= 0.3 is 0 Å². The zero-order valence-corrected chi connectivity index (χ0v) is 8.16. The Labute approximate surface area is 83.3 Å². The average molecular weight is 190 g/mol. The Morgan fingerprint density at radius 2 is 2.29 bits per heavy atom. The first-order valence-corrected chi connectivity index (χ1v) is 4.82. The lowest BCUT2D eigenvalue weighted by Crippen LogP contribution is -2.39. The summed E-state index contributed by atoms with van der Waals surface area (Å²) < 4.78 is 0. The van der Waals surface area contributed by atoms with Crippen LogP contribution in [0.3, 0.4) is 0 Å². The van der Waals surface area contributed by atoms with E-state index in [0.29, 0.717) is 0 Å². The van der Waals surface area contributed by atoms with Crippen molar-refractivity contribution in [3.8, 4) is 0 Å². The number of nitrogens with one attached hydrogen (secondary N) is 1. The molecular formula is C11H14N2O. The van der Waals surface area contributed by atoms with Gasteiger partial charge in [0.15, 0.2) is 5.78 Å². The third-order valence-electron chi connectivity index (χ3n) is 2.56. The van der Waals surface area contributed by atoms with Crippen molar-refractivity contribution in [3.63, 3.8) is 0 Å². The fourth-order valence-corrected chi connectivity index (χ4v) is 1.79. The van der Waals surface area contributed by atoms with Crippen LogP contribution in [0.25, 0.3) is 0 Å². The molecule has 0 aliphatic carbocycles. The van der Waals surface area contributed by atoms with Gasteiger partial charge in [0.05, 0.1) is 12.1 Å². The Balaban J connectivity index is 2.16. The van der Waals surface area contributed by atoms with Gasteiger partial charge in [-0.05, 0) is 18.6 Å². The highest BCUT2D eigenvalue weighted by atomic mass is 16.1. The molecule has 0 aromatic heterocycles.